The molecule has 2 aromatic rings. The van der Waals surface area contributed by atoms with Gasteiger partial charge in [0.15, 0.2) is 11.5 Å². The molecule has 0 aliphatic carbocycles. The fourth-order valence-electron chi connectivity index (χ4n) is 2.27. The Hall–Kier alpha value is -0.940. The zero-order valence-corrected chi connectivity index (χ0v) is 10.7. The molecule has 1 atom stereocenters. The fourth-order valence-corrected chi connectivity index (χ4v) is 2.68. The lowest BCUT2D eigenvalue weighted by Gasteiger charge is -2.15. The van der Waals surface area contributed by atoms with Gasteiger partial charge in [0, 0.05) is 0 Å². The molecule has 1 aliphatic rings. The first-order chi connectivity index (χ1) is 7.75. The van der Waals surface area contributed by atoms with Crippen molar-refractivity contribution in [2.45, 2.75) is 18.9 Å². The average Bonchev–Trinajstić information content (AvgIpc) is 2.84. The maximum atomic E-state index is 4.59. The topological polar surface area (TPSA) is 33.4 Å². The van der Waals surface area contributed by atoms with Crippen LogP contribution in [-0.4, -0.2) is 33.1 Å². The van der Waals surface area contributed by atoms with Crippen molar-refractivity contribution in [3.8, 4) is 0 Å². The average molecular weight is 281 g/mol. The van der Waals surface area contributed by atoms with Crippen LogP contribution < -0.4 is 0 Å². The third-order valence-electron chi connectivity index (χ3n) is 3.15. The number of aromatic nitrogens is 3. The smallest absolute Gasteiger partial charge is 0.168 e. The molecule has 0 N–H and O–H groups in total. The summed E-state index contributed by atoms with van der Waals surface area (Å²) in [4.78, 5) is 6.91. The molecule has 5 heteroatoms. The molecule has 0 aromatic carbocycles. The Balaban J connectivity index is 2.08. The van der Waals surface area contributed by atoms with Crippen LogP contribution in [0.1, 0.15) is 24.7 Å². The van der Waals surface area contributed by atoms with Gasteiger partial charge >= 0.3 is 0 Å². The second-order valence-corrected chi connectivity index (χ2v) is 5.04. The molecule has 2 aromatic heterocycles. The first kappa shape index (κ1) is 10.2. The first-order valence-electron chi connectivity index (χ1n) is 5.47. The Kier molecular flexibility index (Phi) is 2.44. The molecule has 0 radical (unpaired) electrons. The molecule has 1 unspecified atom stereocenters. The van der Waals surface area contributed by atoms with E-state index in [9.17, 15) is 0 Å². The van der Waals surface area contributed by atoms with Crippen molar-refractivity contribution in [3.63, 3.8) is 0 Å². The predicted octanol–water partition coefficient (Wildman–Crippen LogP) is 2.26. The van der Waals surface area contributed by atoms with E-state index in [1.54, 1.807) is 0 Å². The molecule has 0 amide bonds. The number of rotatable bonds is 1. The highest BCUT2D eigenvalue weighted by Crippen LogP contribution is 2.28. The molecule has 4 nitrogen and oxygen atoms in total. The minimum Gasteiger partial charge on any atom is -0.296 e. The van der Waals surface area contributed by atoms with E-state index in [0.29, 0.717) is 6.04 Å². The third kappa shape index (κ3) is 1.55. The molecule has 3 heterocycles. The Morgan fingerprint density at radius 1 is 1.44 bits per heavy atom. The van der Waals surface area contributed by atoms with Crippen LogP contribution >= 0.6 is 15.9 Å². The number of nitrogens with zero attached hydrogens (tertiary/aromatic N) is 4. The van der Waals surface area contributed by atoms with E-state index >= 15 is 0 Å². The number of pyridine rings is 1. The summed E-state index contributed by atoms with van der Waals surface area (Å²) in [6.07, 6.45) is 2.39. The highest BCUT2D eigenvalue weighted by atomic mass is 79.9. The van der Waals surface area contributed by atoms with Crippen molar-refractivity contribution in [2.75, 3.05) is 13.6 Å². The Bertz CT molecular complexity index is 522. The van der Waals surface area contributed by atoms with Gasteiger partial charge in [-0.15, -0.1) is 5.10 Å². The molecule has 0 saturated carbocycles. The zero-order chi connectivity index (χ0) is 11.1. The van der Waals surface area contributed by atoms with Gasteiger partial charge in [-0.05, 0) is 54.5 Å². The zero-order valence-electron chi connectivity index (χ0n) is 9.10. The molecule has 3 rings (SSSR count). The summed E-state index contributed by atoms with van der Waals surface area (Å²) in [5.41, 5.74) is 0.907. The fraction of sp³-hybridized carbons (Fsp3) is 0.455. The summed E-state index contributed by atoms with van der Waals surface area (Å²) in [5.74, 6) is 0.937. The van der Waals surface area contributed by atoms with Gasteiger partial charge < -0.3 is 0 Å². The van der Waals surface area contributed by atoms with Gasteiger partial charge in [-0.3, -0.25) is 4.90 Å². The maximum absolute atomic E-state index is 4.59. The van der Waals surface area contributed by atoms with Gasteiger partial charge in [-0.1, -0.05) is 6.07 Å². The van der Waals surface area contributed by atoms with Crippen LogP contribution in [0, 0.1) is 0 Å². The number of halogens is 1. The molecule has 1 fully saturated rings. The number of hydrogen-bond acceptors (Lipinski definition) is 3. The third-order valence-corrected chi connectivity index (χ3v) is 3.75. The SMILES string of the molecule is CN1CCCC1c1nc2cccc(Br)n2n1. The Morgan fingerprint density at radius 3 is 3.00 bits per heavy atom. The van der Waals surface area contributed by atoms with E-state index in [4.69, 9.17) is 0 Å². The van der Waals surface area contributed by atoms with Gasteiger partial charge in [-0.25, -0.2) is 9.50 Å². The first-order valence-corrected chi connectivity index (χ1v) is 6.26. The van der Waals surface area contributed by atoms with Gasteiger partial charge in [0.25, 0.3) is 0 Å². The Morgan fingerprint density at radius 2 is 2.31 bits per heavy atom. The van der Waals surface area contributed by atoms with E-state index < -0.39 is 0 Å². The van der Waals surface area contributed by atoms with Crippen LogP contribution in [0.2, 0.25) is 0 Å². The molecule has 84 valence electrons. The normalized spacial score (nSPS) is 22.0. The van der Waals surface area contributed by atoms with Gasteiger partial charge in [0.1, 0.15) is 4.60 Å². The van der Waals surface area contributed by atoms with Crippen LogP contribution in [0.15, 0.2) is 22.8 Å². The molecule has 16 heavy (non-hydrogen) atoms. The van der Waals surface area contributed by atoms with Crippen LogP contribution in [0.4, 0.5) is 0 Å². The minimum absolute atomic E-state index is 0.381. The largest absolute Gasteiger partial charge is 0.296 e. The molecule has 0 spiro atoms. The monoisotopic (exact) mass is 280 g/mol. The minimum atomic E-state index is 0.381. The second-order valence-electron chi connectivity index (χ2n) is 4.23. The van der Waals surface area contributed by atoms with Gasteiger partial charge in [0.2, 0.25) is 0 Å². The molecular formula is C11H13BrN4. The summed E-state index contributed by atoms with van der Waals surface area (Å²) in [5, 5.41) is 4.56. The van der Waals surface area contributed by atoms with E-state index in [-0.39, 0.29) is 0 Å². The lowest BCUT2D eigenvalue weighted by Crippen LogP contribution is -2.18. The van der Waals surface area contributed by atoms with E-state index in [1.807, 2.05) is 22.7 Å². The van der Waals surface area contributed by atoms with Crippen molar-refractivity contribution in [1.82, 2.24) is 19.5 Å². The molecule has 0 bridgehead atoms. The van der Waals surface area contributed by atoms with Crippen molar-refractivity contribution in [2.24, 2.45) is 0 Å². The quantitative estimate of drug-likeness (QED) is 0.752. The van der Waals surface area contributed by atoms with Crippen molar-refractivity contribution in [3.05, 3.63) is 28.6 Å². The van der Waals surface area contributed by atoms with Crippen LogP contribution in [-0.2, 0) is 0 Å². The van der Waals surface area contributed by atoms with E-state index in [0.717, 1.165) is 29.0 Å². The van der Waals surface area contributed by atoms with Crippen LogP contribution in [0.5, 0.6) is 0 Å². The lowest BCUT2D eigenvalue weighted by molar-refractivity contribution is 0.306. The molecular weight excluding hydrogens is 268 g/mol. The van der Waals surface area contributed by atoms with Crippen molar-refractivity contribution >= 4 is 21.6 Å². The highest BCUT2D eigenvalue weighted by Gasteiger charge is 2.26. The summed E-state index contributed by atoms with van der Waals surface area (Å²) in [7, 11) is 2.14. The maximum Gasteiger partial charge on any atom is 0.168 e. The summed E-state index contributed by atoms with van der Waals surface area (Å²) in [6.45, 7) is 1.14. The summed E-state index contributed by atoms with van der Waals surface area (Å²) in [6, 6.07) is 6.32. The predicted molar refractivity (Wildman–Crippen MR) is 65.3 cm³/mol. The number of hydrogen-bond donors (Lipinski definition) is 0. The number of fused-ring (bicyclic) bond motifs is 1. The van der Waals surface area contributed by atoms with E-state index in [1.165, 1.54) is 6.42 Å². The number of likely N-dealkylation sites (tertiary alicyclic amines) is 1. The van der Waals surface area contributed by atoms with Gasteiger partial charge in [0.05, 0.1) is 6.04 Å². The second kappa shape index (κ2) is 3.82. The van der Waals surface area contributed by atoms with Crippen LogP contribution in [0.25, 0.3) is 5.65 Å². The standard InChI is InChI=1S/C11H13BrN4/c1-15-7-3-4-8(15)11-13-10-6-2-5-9(12)16(10)14-11/h2,5-6,8H,3-4,7H2,1H3. The highest BCUT2D eigenvalue weighted by molar-refractivity contribution is 9.10. The van der Waals surface area contributed by atoms with Gasteiger partial charge in [-0.2, -0.15) is 0 Å². The lowest BCUT2D eigenvalue weighted by atomic mass is 10.2. The molecule has 1 saturated heterocycles. The summed E-state index contributed by atoms with van der Waals surface area (Å²) >= 11 is 3.48. The Labute approximate surface area is 102 Å². The van der Waals surface area contributed by atoms with Crippen molar-refractivity contribution in [1.29, 1.82) is 0 Å². The summed E-state index contributed by atoms with van der Waals surface area (Å²) < 4.78 is 2.80. The van der Waals surface area contributed by atoms with E-state index in [2.05, 4.69) is 38.0 Å². The van der Waals surface area contributed by atoms with Crippen LogP contribution in [0.3, 0.4) is 0 Å². The van der Waals surface area contributed by atoms with Crippen molar-refractivity contribution < 1.29 is 0 Å². The molecule has 1 aliphatic heterocycles.